The van der Waals surface area contributed by atoms with Crippen molar-refractivity contribution in [1.29, 1.82) is 0 Å². The van der Waals surface area contributed by atoms with E-state index in [0.29, 0.717) is 35.1 Å². The average molecular weight is 446 g/mol. The molecule has 1 aliphatic carbocycles. The first-order valence-electron chi connectivity index (χ1n) is 10.4. The summed E-state index contributed by atoms with van der Waals surface area (Å²) in [7, 11) is 1.48. The lowest BCUT2D eigenvalue weighted by molar-refractivity contribution is -0.117. The highest BCUT2D eigenvalue weighted by atomic mass is 35.5. The minimum absolute atomic E-state index is 0.0289. The van der Waals surface area contributed by atoms with Crippen LogP contribution in [0.4, 0.5) is 10.1 Å². The molecule has 0 unspecified atom stereocenters. The third-order valence-corrected chi connectivity index (χ3v) is 5.96. The van der Waals surface area contributed by atoms with Crippen LogP contribution in [0.25, 0.3) is 0 Å². The molecule has 164 valence electrons. The van der Waals surface area contributed by atoms with Crippen molar-refractivity contribution >= 4 is 29.1 Å². The van der Waals surface area contributed by atoms with E-state index in [1.807, 2.05) is 6.07 Å². The smallest absolute Gasteiger partial charge is 0.255 e. The minimum atomic E-state index is -0.281. The number of hydrogen-bond donors (Lipinski definition) is 2. The summed E-state index contributed by atoms with van der Waals surface area (Å²) in [4.78, 5) is 27.1. The summed E-state index contributed by atoms with van der Waals surface area (Å²) in [6, 6.07) is 9.64. The van der Waals surface area contributed by atoms with Gasteiger partial charge in [-0.2, -0.15) is 0 Å². The van der Waals surface area contributed by atoms with E-state index in [-0.39, 0.29) is 29.6 Å². The second kappa shape index (κ2) is 9.24. The lowest BCUT2D eigenvalue weighted by Gasteiger charge is -2.18. The number of anilines is 1. The number of nitrogens with zero attached hydrogens (tertiary/aromatic N) is 1. The van der Waals surface area contributed by atoms with E-state index >= 15 is 0 Å². The summed E-state index contributed by atoms with van der Waals surface area (Å²) in [6.45, 7) is 2.12. The Labute approximate surface area is 185 Å². The van der Waals surface area contributed by atoms with Gasteiger partial charge < -0.3 is 15.4 Å². The molecule has 2 aromatic carbocycles. The molecular weight excluding hydrogens is 421 g/mol. The first-order chi connectivity index (χ1) is 14.9. The fourth-order valence-electron chi connectivity index (χ4n) is 3.83. The molecular formula is C23H25ClFN3O3. The van der Waals surface area contributed by atoms with Gasteiger partial charge in [0.2, 0.25) is 5.91 Å². The summed E-state index contributed by atoms with van der Waals surface area (Å²) in [5, 5.41) is 6.13. The van der Waals surface area contributed by atoms with Gasteiger partial charge >= 0.3 is 0 Å². The van der Waals surface area contributed by atoms with Crippen LogP contribution in [-0.2, 0) is 11.3 Å². The minimum Gasteiger partial charge on any atom is -0.496 e. The SMILES string of the molecule is COc1cc(NC(=O)C2CC2)c(Cl)cc1C(=O)N[C@H]1CCN(Cc2cccc(F)c2)C1. The molecule has 2 aliphatic rings. The topological polar surface area (TPSA) is 70.7 Å². The van der Waals surface area contributed by atoms with Gasteiger partial charge in [0.1, 0.15) is 11.6 Å². The second-order valence-corrected chi connectivity index (χ2v) is 8.53. The Morgan fingerprint density at radius 3 is 2.74 bits per heavy atom. The monoisotopic (exact) mass is 445 g/mol. The van der Waals surface area contributed by atoms with E-state index in [9.17, 15) is 14.0 Å². The number of rotatable bonds is 7. The molecule has 0 radical (unpaired) electrons. The maximum Gasteiger partial charge on any atom is 0.255 e. The van der Waals surface area contributed by atoms with Crippen molar-refractivity contribution in [1.82, 2.24) is 10.2 Å². The van der Waals surface area contributed by atoms with Crippen LogP contribution in [0.2, 0.25) is 5.02 Å². The van der Waals surface area contributed by atoms with E-state index in [1.165, 1.54) is 25.3 Å². The maximum atomic E-state index is 13.4. The Balaban J connectivity index is 1.38. The van der Waals surface area contributed by atoms with Gasteiger partial charge in [0.05, 0.1) is 23.4 Å². The van der Waals surface area contributed by atoms with Crippen molar-refractivity contribution in [2.45, 2.75) is 31.8 Å². The van der Waals surface area contributed by atoms with Crippen molar-refractivity contribution in [2.75, 3.05) is 25.5 Å². The molecule has 0 spiro atoms. The van der Waals surface area contributed by atoms with E-state index in [0.717, 1.165) is 31.4 Å². The molecule has 6 nitrogen and oxygen atoms in total. The summed E-state index contributed by atoms with van der Waals surface area (Å²) in [5.41, 5.74) is 1.67. The number of methoxy groups -OCH3 is 1. The number of nitrogens with one attached hydrogen (secondary N) is 2. The third-order valence-electron chi connectivity index (χ3n) is 5.64. The number of ether oxygens (including phenoxy) is 1. The van der Waals surface area contributed by atoms with E-state index < -0.39 is 0 Å². The molecule has 1 heterocycles. The molecule has 1 atom stereocenters. The van der Waals surface area contributed by atoms with Crippen LogP contribution in [-0.4, -0.2) is 43.0 Å². The number of carbonyl (C=O) groups excluding carboxylic acids is 2. The maximum absolute atomic E-state index is 13.4. The molecule has 1 saturated carbocycles. The van der Waals surface area contributed by atoms with Crippen molar-refractivity contribution in [3.8, 4) is 5.75 Å². The van der Waals surface area contributed by atoms with Gasteiger partial charge in [0, 0.05) is 37.7 Å². The summed E-state index contributed by atoms with van der Waals surface area (Å²) in [6.07, 6.45) is 2.57. The quantitative estimate of drug-likeness (QED) is 0.679. The summed E-state index contributed by atoms with van der Waals surface area (Å²) >= 11 is 6.33. The van der Waals surface area contributed by atoms with E-state index in [1.54, 1.807) is 12.1 Å². The predicted molar refractivity (Wildman–Crippen MR) is 117 cm³/mol. The van der Waals surface area contributed by atoms with Crippen LogP contribution in [0, 0.1) is 11.7 Å². The third kappa shape index (κ3) is 5.35. The molecule has 8 heteroatoms. The molecule has 0 aromatic heterocycles. The van der Waals surface area contributed by atoms with Crippen LogP contribution in [0.5, 0.6) is 5.75 Å². The van der Waals surface area contributed by atoms with Crippen molar-refractivity contribution < 1.29 is 18.7 Å². The number of likely N-dealkylation sites (tertiary alicyclic amines) is 1. The Kier molecular flexibility index (Phi) is 6.43. The lowest BCUT2D eigenvalue weighted by Crippen LogP contribution is -2.37. The largest absolute Gasteiger partial charge is 0.496 e. The second-order valence-electron chi connectivity index (χ2n) is 8.12. The zero-order valence-corrected chi connectivity index (χ0v) is 18.0. The van der Waals surface area contributed by atoms with Crippen LogP contribution in [0.3, 0.4) is 0 Å². The Morgan fingerprint density at radius 2 is 2.03 bits per heavy atom. The van der Waals surface area contributed by atoms with Crippen LogP contribution in [0.15, 0.2) is 36.4 Å². The molecule has 2 fully saturated rings. The average Bonchev–Trinajstić information content (AvgIpc) is 3.51. The van der Waals surface area contributed by atoms with Crippen LogP contribution < -0.4 is 15.4 Å². The van der Waals surface area contributed by atoms with Crippen molar-refractivity contribution in [3.05, 3.63) is 58.4 Å². The molecule has 4 rings (SSSR count). The molecule has 1 saturated heterocycles. The normalized spacial score (nSPS) is 18.6. The predicted octanol–water partition coefficient (Wildman–Crippen LogP) is 3.84. The van der Waals surface area contributed by atoms with Gasteiger partial charge in [-0.05, 0) is 43.0 Å². The van der Waals surface area contributed by atoms with Crippen molar-refractivity contribution in [2.24, 2.45) is 5.92 Å². The summed E-state index contributed by atoms with van der Waals surface area (Å²) < 4.78 is 18.8. The Morgan fingerprint density at radius 1 is 1.23 bits per heavy atom. The molecule has 1 aliphatic heterocycles. The van der Waals surface area contributed by atoms with Gasteiger partial charge in [0.15, 0.2) is 0 Å². The standard InChI is InChI=1S/C23H25ClFN3O3/c1-31-21-11-20(27-22(29)15-5-6-15)19(24)10-18(21)23(30)26-17-7-8-28(13-17)12-14-3-2-4-16(25)9-14/h2-4,9-11,15,17H,5-8,12-13H2,1H3,(H,26,30)(H,27,29)/t17-/m0/s1. The molecule has 2 amide bonds. The molecule has 0 bridgehead atoms. The fraction of sp³-hybridized carbons (Fsp3) is 0.391. The molecule has 2 aromatic rings. The first-order valence-corrected chi connectivity index (χ1v) is 10.8. The highest BCUT2D eigenvalue weighted by Gasteiger charge is 2.30. The van der Waals surface area contributed by atoms with Gasteiger partial charge in [-0.3, -0.25) is 14.5 Å². The highest BCUT2D eigenvalue weighted by molar-refractivity contribution is 6.34. The number of carbonyl (C=O) groups is 2. The number of amides is 2. The Bertz CT molecular complexity index is 996. The fourth-order valence-corrected chi connectivity index (χ4v) is 4.04. The van der Waals surface area contributed by atoms with Crippen LogP contribution in [0.1, 0.15) is 35.2 Å². The summed E-state index contributed by atoms with van der Waals surface area (Å²) in [5.74, 6) is -0.199. The molecule has 2 N–H and O–H groups in total. The van der Waals surface area contributed by atoms with Crippen molar-refractivity contribution in [3.63, 3.8) is 0 Å². The van der Waals surface area contributed by atoms with Gasteiger partial charge in [-0.1, -0.05) is 23.7 Å². The zero-order valence-electron chi connectivity index (χ0n) is 17.3. The van der Waals surface area contributed by atoms with E-state index in [4.69, 9.17) is 16.3 Å². The number of halogens is 2. The van der Waals surface area contributed by atoms with Crippen LogP contribution >= 0.6 is 11.6 Å². The first kappa shape index (κ1) is 21.6. The zero-order chi connectivity index (χ0) is 22.0. The number of benzene rings is 2. The van der Waals surface area contributed by atoms with E-state index in [2.05, 4.69) is 15.5 Å². The van der Waals surface area contributed by atoms with Gasteiger partial charge in [0.25, 0.3) is 5.91 Å². The lowest BCUT2D eigenvalue weighted by atomic mass is 10.1. The van der Waals surface area contributed by atoms with Gasteiger partial charge in [-0.25, -0.2) is 4.39 Å². The Hall–Kier alpha value is -2.64. The van der Waals surface area contributed by atoms with Gasteiger partial charge in [-0.15, -0.1) is 0 Å². The molecule has 31 heavy (non-hydrogen) atoms. The highest BCUT2D eigenvalue weighted by Crippen LogP contribution is 2.34. The number of hydrogen-bond acceptors (Lipinski definition) is 4.